The van der Waals surface area contributed by atoms with Crippen LogP contribution in [-0.4, -0.2) is 18.0 Å². The van der Waals surface area contributed by atoms with E-state index in [1.54, 1.807) is 25.3 Å². The second-order valence-electron chi connectivity index (χ2n) is 6.22. The van der Waals surface area contributed by atoms with Gasteiger partial charge in [-0.15, -0.1) is 0 Å². The first kappa shape index (κ1) is 19.2. The molecule has 0 atom stereocenters. The summed E-state index contributed by atoms with van der Waals surface area (Å²) >= 11 is 7.47. The molecule has 0 bridgehead atoms. The van der Waals surface area contributed by atoms with Crippen molar-refractivity contribution in [2.75, 3.05) is 12.4 Å². The zero-order valence-electron chi connectivity index (χ0n) is 15.6. The fourth-order valence-corrected chi connectivity index (χ4v) is 4.07. The van der Waals surface area contributed by atoms with Crippen molar-refractivity contribution < 1.29 is 9.53 Å². The van der Waals surface area contributed by atoms with Crippen molar-refractivity contribution in [2.24, 2.45) is 0 Å². The number of hydrogen-bond acceptors (Lipinski definition) is 4. The van der Waals surface area contributed by atoms with E-state index in [9.17, 15) is 4.79 Å². The van der Waals surface area contributed by atoms with E-state index in [-0.39, 0.29) is 5.91 Å². The van der Waals surface area contributed by atoms with Gasteiger partial charge in [0.15, 0.2) is 5.13 Å². The van der Waals surface area contributed by atoms with Crippen LogP contribution in [0.2, 0.25) is 5.02 Å². The molecule has 0 unspecified atom stereocenters. The topological polar surface area (TPSA) is 51.2 Å². The number of anilines is 1. The number of nitrogens with zero attached hydrogens (tertiary/aromatic N) is 1. The lowest BCUT2D eigenvalue weighted by Crippen LogP contribution is -2.12. The Morgan fingerprint density at radius 1 is 0.931 bits per heavy atom. The highest BCUT2D eigenvalue weighted by Gasteiger charge is 2.18. The summed E-state index contributed by atoms with van der Waals surface area (Å²) in [7, 11) is 1.54. The van der Waals surface area contributed by atoms with Gasteiger partial charge in [0.2, 0.25) is 0 Å². The fourth-order valence-electron chi connectivity index (χ4n) is 2.96. The van der Waals surface area contributed by atoms with Crippen molar-refractivity contribution in [3.63, 3.8) is 0 Å². The van der Waals surface area contributed by atoms with E-state index in [1.165, 1.54) is 11.3 Å². The van der Waals surface area contributed by atoms with Crippen LogP contribution in [0.5, 0.6) is 5.75 Å². The SMILES string of the molecule is COc1ccccc1C(=O)Nc1nc(-c2ccccc2)c(-c2ccc(Cl)cc2)s1. The summed E-state index contributed by atoms with van der Waals surface area (Å²) in [5, 5.41) is 4.10. The lowest BCUT2D eigenvalue weighted by molar-refractivity contribution is 0.102. The molecule has 1 N–H and O–H groups in total. The number of methoxy groups -OCH3 is 1. The van der Waals surface area contributed by atoms with Crippen LogP contribution in [0.4, 0.5) is 5.13 Å². The molecule has 4 nitrogen and oxygen atoms in total. The third-order valence-electron chi connectivity index (χ3n) is 4.35. The van der Waals surface area contributed by atoms with Crippen molar-refractivity contribution in [3.8, 4) is 27.4 Å². The Morgan fingerprint density at radius 2 is 1.62 bits per heavy atom. The number of carbonyl (C=O) groups is 1. The molecule has 0 aliphatic rings. The van der Waals surface area contributed by atoms with Gasteiger partial charge in [-0.05, 0) is 29.8 Å². The molecule has 0 radical (unpaired) electrons. The van der Waals surface area contributed by atoms with Crippen molar-refractivity contribution in [2.45, 2.75) is 0 Å². The number of hydrogen-bond donors (Lipinski definition) is 1. The standard InChI is InChI=1S/C23H17ClN2O2S/c1-28-19-10-6-5-9-18(19)22(27)26-23-25-20(15-7-3-2-4-8-15)21(29-23)16-11-13-17(24)14-12-16/h2-14H,1H3,(H,25,26,27). The molecule has 0 spiro atoms. The van der Waals surface area contributed by atoms with Gasteiger partial charge < -0.3 is 4.74 Å². The summed E-state index contributed by atoms with van der Waals surface area (Å²) in [6.07, 6.45) is 0. The lowest BCUT2D eigenvalue weighted by Gasteiger charge is -2.07. The number of halogens is 1. The Kier molecular flexibility index (Phi) is 5.60. The molecule has 4 aromatic rings. The summed E-state index contributed by atoms with van der Waals surface area (Å²) in [6, 6.07) is 24.6. The Bertz CT molecular complexity index is 1140. The molecule has 6 heteroatoms. The van der Waals surface area contributed by atoms with Gasteiger partial charge in [0.25, 0.3) is 5.91 Å². The number of carbonyl (C=O) groups excluding carboxylic acids is 1. The zero-order chi connectivity index (χ0) is 20.2. The maximum Gasteiger partial charge on any atom is 0.261 e. The lowest BCUT2D eigenvalue weighted by atomic mass is 10.1. The summed E-state index contributed by atoms with van der Waals surface area (Å²) < 4.78 is 5.29. The smallest absolute Gasteiger partial charge is 0.261 e. The van der Waals surface area contributed by atoms with Gasteiger partial charge in [0, 0.05) is 10.6 Å². The third-order valence-corrected chi connectivity index (χ3v) is 5.62. The number of benzene rings is 3. The molecule has 0 aliphatic carbocycles. The largest absolute Gasteiger partial charge is 0.496 e. The number of para-hydroxylation sites is 1. The van der Waals surface area contributed by atoms with Crippen LogP contribution in [0.1, 0.15) is 10.4 Å². The van der Waals surface area contributed by atoms with E-state index in [0.29, 0.717) is 21.5 Å². The van der Waals surface area contributed by atoms with Crippen molar-refractivity contribution in [3.05, 3.63) is 89.4 Å². The van der Waals surface area contributed by atoms with Crippen LogP contribution in [0, 0.1) is 0 Å². The van der Waals surface area contributed by atoms with Gasteiger partial charge in [0.1, 0.15) is 5.75 Å². The average molecular weight is 421 g/mol. The van der Waals surface area contributed by atoms with Crippen molar-refractivity contribution >= 4 is 34.0 Å². The second kappa shape index (κ2) is 8.47. The first-order valence-electron chi connectivity index (χ1n) is 8.92. The van der Waals surface area contributed by atoms with E-state index in [1.807, 2.05) is 60.7 Å². The molecule has 0 saturated carbocycles. The monoisotopic (exact) mass is 420 g/mol. The summed E-state index contributed by atoms with van der Waals surface area (Å²) in [4.78, 5) is 18.5. The molecule has 0 aliphatic heterocycles. The number of nitrogens with one attached hydrogen (secondary N) is 1. The van der Waals surface area contributed by atoms with Crippen LogP contribution in [0.15, 0.2) is 78.9 Å². The molecule has 0 saturated heterocycles. The minimum absolute atomic E-state index is 0.265. The van der Waals surface area contributed by atoms with Gasteiger partial charge in [-0.2, -0.15) is 0 Å². The van der Waals surface area contributed by atoms with Crippen LogP contribution < -0.4 is 10.1 Å². The van der Waals surface area contributed by atoms with Gasteiger partial charge in [0.05, 0.1) is 23.2 Å². The summed E-state index contributed by atoms with van der Waals surface area (Å²) in [5.74, 6) is 0.251. The van der Waals surface area contributed by atoms with Gasteiger partial charge in [-0.1, -0.05) is 77.5 Å². The van der Waals surface area contributed by atoms with Crippen LogP contribution in [-0.2, 0) is 0 Å². The number of ether oxygens (including phenoxy) is 1. The van der Waals surface area contributed by atoms with E-state index in [0.717, 1.165) is 21.7 Å². The van der Waals surface area contributed by atoms with Crippen LogP contribution >= 0.6 is 22.9 Å². The van der Waals surface area contributed by atoms with Crippen molar-refractivity contribution in [1.29, 1.82) is 0 Å². The van der Waals surface area contributed by atoms with Crippen molar-refractivity contribution in [1.82, 2.24) is 4.98 Å². The summed E-state index contributed by atoms with van der Waals surface area (Å²) in [5.41, 5.74) is 3.24. The number of rotatable bonds is 5. The Balaban J connectivity index is 1.73. The van der Waals surface area contributed by atoms with Gasteiger partial charge in [-0.25, -0.2) is 4.98 Å². The first-order chi connectivity index (χ1) is 14.2. The van der Waals surface area contributed by atoms with E-state index in [2.05, 4.69) is 5.32 Å². The molecule has 29 heavy (non-hydrogen) atoms. The van der Waals surface area contributed by atoms with E-state index < -0.39 is 0 Å². The number of amides is 1. The summed E-state index contributed by atoms with van der Waals surface area (Å²) in [6.45, 7) is 0. The molecule has 1 amide bonds. The van der Waals surface area contributed by atoms with Crippen LogP contribution in [0.25, 0.3) is 21.7 Å². The Hall–Kier alpha value is -3.15. The average Bonchev–Trinajstić information content (AvgIpc) is 3.18. The molecule has 1 aromatic heterocycles. The minimum Gasteiger partial charge on any atom is -0.496 e. The predicted molar refractivity (Wildman–Crippen MR) is 119 cm³/mol. The maximum atomic E-state index is 12.8. The number of thiazole rings is 1. The Morgan fingerprint density at radius 3 is 2.34 bits per heavy atom. The zero-order valence-corrected chi connectivity index (χ0v) is 17.1. The quantitative estimate of drug-likeness (QED) is 0.407. The first-order valence-corrected chi connectivity index (χ1v) is 10.1. The fraction of sp³-hybridized carbons (Fsp3) is 0.0435. The number of aromatic nitrogens is 1. The van der Waals surface area contributed by atoms with Crippen LogP contribution in [0.3, 0.4) is 0 Å². The highest BCUT2D eigenvalue weighted by molar-refractivity contribution is 7.19. The normalized spacial score (nSPS) is 10.6. The van der Waals surface area contributed by atoms with Gasteiger partial charge in [-0.3, -0.25) is 10.1 Å². The molecule has 4 rings (SSSR count). The third kappa shape index (κ3) is 4.16. The van der Waals surface area contributed by atoms with E-state index in [4.69, 9.17) is 21.3 Å². The van der Waals surface area contributed by atoms with E-state index >= 15 is 0 Å². The molecular formula is C23H17ClN2O2S. The minimum atomic E-state index is -0.265. The molecule has 0 fully saturated rings. The molecular weight excluding hydrogens is 404 g/mol. The molecule has 1 heterocycles. The molecule has 3 aromatic carbocycles. The van der Waals surface area contributed by atoms with Gasteiger partial charge >= 0.3 is 0 Å². The predicted octanol–water partition coefficient (Wildman–Crippen LogP) is 6.39. The second-order valence-corrected chi connectivity index (χ2v) is 7.66. The highest BCUT2D eigenvalue weighted by atomic mass is 35.5. The highest BCUT2D eigenvalue weighted by Crippen LogP contribution is 2.39. The maximum absolute atomic E-state index is 12.8. The Labute approximate surface area is 177 Å². The molecule has 144 valence electrons.